The molecule has 0 spiro atoms. The fourth-order valence-corrected chi connectivity index (χ4v) is 2.97. The molecule has 0 aliphatic heterocycles. The number of hydrogen-bond donors (Lipinski definition) is 0. The largest absolute Gasteiger partial charge is 0.411 e. The topological polar surface area (TPSA) is 177 Å². The van der Waals surface area contributed by atoms with E-state index in [9.17, 15) is 20.2 Å². The van der Waals surface area contributed by atoms with Crippen LogP contribution in [0.1, 0.15) is 5.89 Å². The molecule has 0 atom stereocenters. The van der Waals surface area contributed by atoms with Gasteiger partial charge in [0, 0.05) is 35.7 Å². The smallest absolute Gasteiger partial charge is 0.277 e. The van der Waals surface area contributed by atoms with E-state index in [4.69, 9.17) is 8.94 Å². The Labute approximate surface area is 170 Å². The molecule has 4 rings (SSSR count). The number of non-ortho nitro benzene ring substituents is 2. The summed E-state index contributed by atoms with van der Waals surface area (Å²) >= 11 is 1.15. The third-order valence-electron chi connectivity index (χ3n) is 3.70. The van der Waals surface area contributed by atoms with Crippen molar-refractivity contribution in [2.24, 2.45) is 0 Å². The number of nitro benzene ring substituents is 2. The second-order valence-corrected chi connectivity index (χ2v) is 6.59. The van der Waals surface area contributed by atoms with Gasteiger partial charge in [-0.25, -0.2) is 0 Å². The lowest BCUT2D eigenvalue weighted by Crippen LogP contribution is -1.94. The molecule has 0 radical (unpaired) electrons. The summed E-state index contributed by atoms with van der Waals surface area (Å²) < 4.78 is 10.7. The van der Waals surface area contributed by atoms with Crippen LogP contribution in [-0.2, 0) is 5.75 Å². The van der Waals surface area contributed by atoms with E-state index >= 15 is 0 Å². The molecule has 0 aliphatic carbocycles. The first-order chi connectivity index (χ1) is 14.5. The van der Waals surface area contributed by atoms with Crippen LogP contribution < -0.4 is 0 Å². The number of nitrogens with zero attached hydrogens (tertiary/aromatic N) is 7. The quantitative estimate of drug-likeness (QED) is 0.239. The van der Waals surface area contributed by atoms with Crippen LogP contribution in [0.5, 0.6) is 0 Å². The molecule has 30 heavy (non-hydrogen) atoms. The molecule has 0 N–H and O–H groups in total. The van der Waals surface area contributed by atoms with Gasteiger partial charge in [-0.1, -0.05) is 16.9 Å². The molecular formula is C16H9N7O6S. The number of nitro groups is 2. The normalized spacial score (nSPS) is 10.8. The van der Waals surface area contributed by atoms with Crippen molar-refractivity contribution in [2.45, 2.75) is 11.0 Å². The monoisotopic (exact) mass is 427 g/mol. The van der Waals surface area contributed by atoms with Crippen LogP contribution in [0.2, 0.25) is 0 Å². The predicted molar refractivity (Wildman–Crippen MR) is 100 cm³/mol. The number of pyridine rings is 1. The Morgan fingerprint density at radius 2 is 1.67 bits per heavy atom. The minimum absolute atomic E-state index is 0.0135. The zero-order chi connectivity index (χ0) is 21.1. The van der Waals surface area contributed by atoms with E-state index in [-0.39, 0.29) is 28.3 Å². The Kier molecular flexibility index (Phi) is 5.13. The Bertz CT molecular complexity index is 1190. The van der Waals surface area contributed by atoms with Crippen molar-refractivity contribution in [1.29, 1.82) is 0 Å². The summed E-state index contributed by atoms with van der Waals surface area (Å²) in [4.78, 5) is 28.6. The molecular weight excluding hydrogens is 418 g/mol. The lowest BCUT2D eigenvalue weighted by atomic mass is 10.1. The molecule has 150 valence electrons. The molecule has 0 saturated heterocycles. The molecule has 0 fully saturated rings. The average Bonchev–Trinajstić information content (AvgIpc) is 3.42. The van der Waals surface area contributed by atoms with Gasteiger partial charge in [0.1, 0.15) is 0 Å². The summed E-state index contributed by atoms with van der Waals surface area (Å²) in [6.45, 7) is 0. The number of hydrogen-bond acceptors (Lipinski definition) is 12. The van der Waals surface area contributed by atoms with E-state index in [1.807, 2.05) is 0 Å². The zero-order valence-corrected chi connectivity index (χ0v) is 15.6. The van der Waals surface area contributed by atoms with E-state index in [1.165, 1.54) is 0 Å². The predicted octanol–water partition coefficient (Wildman–Crippen LogP) is 3.29. The maximum atomic E-state index is 11.0. The van der Waals surface area contributed by atoms with Gasteiger partial charge in [0.25, 0.3) is 16.6 Å². The molecule has 0 saturated carbocycles. The fraction of sp³-hybridized carbons (Fsp3) is 0.0625. The van der Waals surface area contributed by atoms with Crippen molar-refractivity contribution >= 4 is 23.1 Å². The van der Waals surface area contributed by atoms with Gasteiger partial charge in [-0.2, -0.15) is 4.98 Å². The highest BCUT2D eigenvalue weighted by atomic mass is 32.2. The zero-order valence-electron chi connectivity index (χ0n) is 14.7. The third kappa shape index (κ3) is 4.12. The van der Waals surface area contributed by atoms with Gasteiger partial charge in [-0.15, -0.1) is 10.2 Å². The summed E-state index contributed by atoms with van der Waals surface area (Å²) in [7, 11) is 0. The Balaban J connectivity index is 1.49. The number of benzene rings is 1. The second kappa shape index (κ2) is 8.04. The lowest BCUT2D eigenvalue weighted by Gasteiger charge is -1.97. The third-order valence-corrected chi connectivity index (χ3v) is 4.51. The highest BCUT2D eigenvalue weighted by Gasteiger charge is 2.20. The molecule has 3 heterocycles. The molecule has 0 bridgehead atoms. The minimum Gasteiger partial charge on any atom is -0.411 e. The van der Waals surface area contributed by atoms with E-state index in [1.54, 1.807) is 24.5 Å². The van der Waals surface area contributed by atoms with Crippen molar-refractivity contribution < 1.29 is 18.8 Å². The highest BCUT2D eigenvalue weighted by Crippen LogP contribution is 2.29. The maximum absolute atomic E-state index is 11.0. The Hall–Kier alpha value is -4.20. The van der Waals surface area contributed by atoms with Crippen LogP contribution >= 0.6 is 11.8 Å². The SMILES string of the molecule is O=[N+]([O-])c1cc(-c2noc(CSc3nnc(-c4ccncc4)o3)n2)cc([N+](=O)[O-])c1. The van der Waals surface area contributed by atoms with Crippen LogP contribution in [0, 0.1) is 20.2 Å². The second-order valence-electron chi connectivity index (χ2n) is 5.66. The average molecular weight is 427 g/mol. The van der Waals surface area contributed by atoms with E-state index in [0.717, 1.165) is 35.5 Å². The molecule has 4 aromatic rings. The maximum Gasteiger partial charge on any atom is 0.277 e. The van der Waals surface area contributed by atoms with Crippen molar-refractivity contribution in [1.82, 2.24) is 25.3 Å². The first-order valence-corrected chi connectivity index (χ1v) is 9.11. The van der Waals surface area contributed by atoms with Crippen molar-refractivity contribution in [3.05, 3.63) is 68.8 Å². The van der Waals surface area contributed by atoms with Gasteiger partial charge in [0.05, 0.1) is 21.7 Å². The van der Waals surface area contributed by atoms with Crippen LogP contribution in [-0.4, -0.2) is 35.2 Å². The van der Waals surface area contributed by atoms with Crippen LogP contribution in [0.3, 0.4) is 0 Å². The highest BCUT2D eigenvalue weighted by molar-refractivity contribution is 7.98. The van der Waals surface area contributed by atoms with Crippen molar-refractivity contribution in [3.63, 3.8) is 0 Å². The molecule has 1 aromatic carbocycles. The molecule has 3 aromatic heterocycles. The molecule has 0 aliphatic rings. The standard InChI is InChI=1S/C16H9N7O6S/c24-22(25)11-5-10(6-12(7-11)23(26)27)14-18-13(29-21-14)8-30-16-20-19-15(28-16)9-1-3-17-4-2-9/h1-7H,8H2. The molecule has 13 nitrogen and oxygen atoms in total. The van der Waals surface area contributed by atoms with Gasteiger partial charge < -0.3 is 8.94 Å². The number of aromatic nitrogens is 5. The summed E-state index contributed by atoms with van der Waals surface area (Å²) in [6.07, 6.45) is 3.20. The first-order valence-electron chi connectivity index (χ1n) is 8.13. The van der Waals surface area contributed by atoms with E-state index < -0.39 is 21.2 Å². The van der Waals surface area contributed by atoms with Crippen LogP contribution in [0.25, 0.3) is 22.8 Å². The fourth-order valence-electron chi connectivity index (χ4n) is 2.37. The molecule has 14 heteroatoms. The summed E-state index contributed by atoms with van der Waals surface area (Å²) in [5, 5.41) is 33.9. The number of rotatable bonds is 7. The van der Waals surface area contributed by atoms with Gasteiger partial charge in [0.15, 0.2) is 0 Å². The van der Waals surface area contributed by atoms with Gasteiger partial charge in [-0.3, -0.25) is 25.2 Å². The van der Waals surface area contributed by atoms with Gasteiger partial charge >= 0.3 is 0 Å². The van der Waals surface area contributed by atoms with E-state index in [0.29, 0.717) is 5.89 Å². The van der Waals surface area contributed by atoms with Gasteiger partial charge in [-0.05, 0) is 12.1 Å². The summed E-state index contributed by atoms with van der Waals surface area (Å²) in [5.74, 6) is 0.672. The molecule has 0 amide bonds. The summed E-state index contributed by atoms with van der Waals surface area (Å²) in [6, 6.07) is 6.58. The van der Waals surface area contributed by atoms with Gasteiger partial charge in [0.2, 0.25) is 17.6 Å². The van der Waals surface area contributed by atoms with E-state index in [2.05, 4.69) is 25.3 Å². The van der Waals surface area contributed by atoms with Crippen molar-refractivity contribution in [2.75, 3.05) is 0 Å². The lowest BCUT2D eigenvalue weighted by molar-refractivity contribution is -0.394. The Morgan fingerprint density at radius 3 is 2.33 bits per heavy atom. The molecule has 0 unspecified atom stereocenters. The first kappa shape index (κ1) is 19.1. The van der Waals surface area contributed by atoms with Crippen LogP contribution in [0.4, 0.5) is 11.4 Å². The minimum atomic E-state index is -0.733. The number of thioether (sulfide) groups is 1. The Morgan fingerprint density at radius 1 is 0.967 bits per heavy atom. The van der Waals surface area contributed by atoms with Crippen LogP contribution in [0.15, 0.2) is 56.9 Å². The van der Waals surface area contributed by atoms with Crippen molar-refractivity contribution in [3.8, 4) is 22.8 Å². The summed E-state index contributed by atoms with van der Waals surface area (Å²) in [5.41, 5.74) is -0.0887.